The Bertz CT molecular complexity index is 1560. The standard InChI is InChI=1S/C40H52O8/c1-24(15-29-17-26(3)19-34(42)45-29)11-9-13-28-21-31-36(37(44)39(7,8)47-31)40(23-28,33-22-32(41)38(5,6)48-33)14-10-12-25(2)16-30-18-27(4)20-35(43)46-30/h15-16,19-20,22,28-30H,9-14,17-18,21,23H2,1-8H3/b24-15+,25-16+/t28-,29-,30-,40+/m1/s1. The van der Waals surface area contributed by atoms with E-state index in [1.165, 1.54) is 11.6 Å². The molecule has 48 heavy (non-hydrogen) atoms. The van der Waals surface area contributed by atoms with E-state index < -0.39 is 16.6 Å². The fourth-order valence-electron chi connectivity index (χ4n) is 7.98. The van der Waals surface area contributed by atoms with Crippen LogP contribution in [0.3, 0.4) is 0 Å². The van der Waals surface area contributed by atoms with E-state index in [-0.39, 0.29) is 41.6 Å². The van der Waals surface area contributed by atoms with Gasteiger partial charge in [0.1, 0.15) is 23.7 Å². The molecule has 5 aliphatic rings. The van der Waals surface area contributed by atoms with Crippen LogP contribution in [0.5, 0.6) is 0 Å². The molecule has 5 rings (SSSR count). The molecule has 0 aromatic carbocycles. The Balaban J connectivity index is 1.37. The SMILES string of the molecule is CC1=CC(=O)O[C@H](/C=C(\C)CCC[C@@H]2CC3=C(C(=O)C(C)(C)O3)[C@](CCC/C(C)=C/[C@@H]3CC(C)=CC(=O)O3)(C3=CC(=O)C(C)(C)O3)C2)C1. The molecule has 0 saturated carbocycles. The summed E-state index contributed by atoms with van der Waals surface area (Å²) in [4.78, 5) is 51.1. The van der Waals surface area contributed by atoms with E-state index in [0.717, 1.165) is 54.6 Å². The van der Waals surface area contributed by atoms with E-state index >= 15 is 0 Å². The monoisotopic (exact) mass is 660 g/mol. The maximum absolute atomic E-state index is 14.1. The van der Waals surface area contributed by atoms with Crippen LogP contribution in [0, 0.1) is 11.3 Å². The predicted molar refractivity (Wildman–Crippen MR) is 182 cm³/mol. The molecule has 0 unspecified atom stereocenters. The van der Waals surface area contributed by atoms with Gasteiger partial charge in [-0.15, -0.1) is 0 Å². The van der Waals surface area contributed by atoms with Crippen LogP contribution in [0.15, 0.2) is 69.8 Å². The largest absolute Gasteiger partial charge is 0.484 e. The smallest absolute Gasteiger partial charge is 0.331 e. The normalized spacial score (nSPS) is 30.2. The first-order valence-electron chi connectivity index (χ1n) is 17.5. The molecule has 4 heterocycles. The summed E-state index contributed by atoms with van der Waals surface area (Å²) in [5, 5.41) is 0. The Hall–Kier alpha value is -3.68. The highest BCUT2D eigenvalue weighted by Crippen LogP contribution is 2.59. The molecule has 0 aromatic rings. The van der Waals surface area contributed by atoms with Crippen molar-refractivity contribution < 1.29 is 38.1 Å². The van der Waals surface area contributed by atoms with Crippen LogP contribution in [-0.4, -0.2) is 46.9 Å². The van der Waals surface area contributed by atoms with Crippen LogP contribution in [0.4, 0.5) is 0 Å². The van der Waals surface area contributed by atoms with Gasteiger partial charge in [-0.05, 0) is 118 Å². The van der Waals surface area contributed by atoms with Gasteiger partial charge in [-0.25, -0.2) is 9.59 Å². The van der Waals surface area contributed by atoms with Crippen molar-refractivity contribution in [3.05, 3.63) is 69.8 Å². The Morgan fingerprint density at radius 2 is 1.33 bits per heavy atom. The Labute approximate surface area is 285 Å². The Kier molecular flexibility index (Phi) is 10.1. The molecule has 0 saturated heterocycles. The highest BCUT2D eigenvalue weighted by Gasteiger charge is 2.58. The summed E-state index contributed by atoms with van der Waals surface area (Å²) in [7, 11) is 0. The average Bonchev–Trinajstić information content (AvgIpc) is 3.36. The zero-order valence-corrected chi connectivity index (χ0v) is 30.0. The van der Waals surface area contributed by atoms with Gasteiger partial charge in [0.2, 0.25) is 11.6 Å². The molecule has 8 nitrogen and oxygen atoms in total. The van der Waals surface area contributed by atoms with Crippen LogP contribution in [0.2, 0.25) is 0 Å². The minimum absolute atomic E-state index is 0.0357. The first kappa shape index (κ1) is 35.6. The second kappa shape index (κ2) is 13.7. The lowest BCUT2D eigenvalue weighted by Gasteiger charge is -2.42. The van der Waals surface area contributed by atoms with Gasteiger partial charge in [0, 0.05) is 37.5 Å². The number of carbonyl (C=O) groups excluding carboxylic acids is 4. The van der Waals surface area contributed by atoms with Crippen molar-refractivity contribution in [2.24, 2.45) is 11.3 Å². The van der Waals surface area contributed by atoms with Crippen molar-refractivity contribution in [3.8, 4) is 0 Å². The van der Waals surface area contributed by atoms with Gasteiger partial charge in [-0.2, -0.15) is 0 Å². The summed E-state index contributed by atoms with van der Waals surface area (Å²) in [5.41, 5.74) is 2.22. The van der Waals surface area contributed by atoms with E-state index in [1.807, 2.05) is 33.8 Å². The lowest BCUT2D eigenvalue weighted by atomic mass is 9.62. The first-order chi connectivity index (χ1) is 22.5. The maximum atomic E-state index is 14.1. The maximum Gasteiger partial charge on any atom is 0.331 e. The Morgan fingerprint density at radius 3 is 1.85 bits per heavy atom. The zero-order valence-electron chi connectivity index (χ0n) is 30.0. The minimum atomic E-state index is -1.00. The minimum Gasteiger partial charge on any atom is -0.484 e. The summed E-state index contributed by atoms with van der Waals surface area (Å²) in [6.45, 7) is 15.2. The number of ether oxygens (including phenoxy) is 4. The van der Waals surface area contributed by atoms with Crippen molar-refractivity contribution in [1.82, 2.24) is 0 Å². The third kappa shape index (κ3) is 7.79. The van der Waals surface area contributed by atoms with Gasteiger partial charge in [-0.3, -0.25) is 9.59 Å². The molecular weight excluding hydrogens is 608 g/mol. The van der Waals surface area contributed by atoms with Gasteiger partial charge >= 0.3 is 11.9 Å². The molecule has 0 bridgehead atoms. The molecule has 1 aliphatic carbocycles. The van der Waals surface area contributed by atoms with Crippen LogP contribution < -0.4 is 0 Å². The van der Waals surface area contributed by atoms with Crippen molar-refractivity contribution in [1.29, 1.82) is 0 Å². The topological polar surface area (TPSA) is 105 Å². The van der Waals surface area contributed by atoms with Gasteiger partial charge in [0.15, 0.2) is 11.2 Å². The van der Waals surface area contributed by atoms with Crippen LogP contribution in [0.25, 0.3) is 0 Å². The van der Waals surface area contributed by atoms with E-state index in [0.29, 0.717) is 43.4 Å². The van der Waals surface area contributed by atoms with Gasteiger partial charge in [-0.1, -0.05) is 22.3 Å². The van der Waals surface area contributed by atoms with Crippen LogP contribution in [0.1, 0.15) is 120 Å². The molecule has 0 aromatic heterocycles. The van der Waals surface area contributed by atoms with E-state index in [9.17, 15) is 19.2 Å². The number of rotatable bonds is 11. The molecule has 8 heteroatoms. The van der Waals surface area contributed by atoms with Crippen molar-refractivity contribution in [3.63, 3.8) is 0 Å². The zero-order chi connectivity index (χ0) is 35.0. The number of hydrogen-bond donors (Lipinski definition) is 0. The molecule has 260 valence electrons. The van der Waals surface area contributed by atoms with E-state index in [1.54, 1.807) is 26.0 Å². The number of esters is 2. The quantitative estimate of drug-likeness (QED) is 0.162. The lowest BCUT2D eigenvalue weighted by molar-refractivity contribution is -0.143. The number of cyclic esters (lactones) is 2. The highest BCUT2D eigenvalue weighted by molar-refractivity contribution is 6.06. The average molecular weight is 661 g/mol. The summed E-state index contributed by atoms with van der Waals surface area (Å²) in [6.07, 6.45) is 15.9. The molecule has 4 atom stereocenters. The van der Waals surface area contributed by atoms with Crippen molar-refractivity contribution in [2.75, 3.05) is 0 Å². The molecule has 0 radical (unpaired) electrons. The van der Waals surface area contributed by atoms with Gasteiger partial charge in [0.05, 0.1) is 11.0 Å². The number of hydrogen-bond acceptors (Lipinski definition) is 8. The predicted octanol–water partition coefficient (Wildman–Crippen LogP) is 8.03. The van der Waals surface area contributed by atoms with E-state index in [2.05, 4.69) is 19.9 Å². The van der Waals surface area contributed by atoms with E-state index in [4.69, 9.17) is 18.9 Å². The van der Waals surface area contributed by atoms with Crippen molar-refractivity contribution >= 4 is 23.5 Å². The number of allylic oxidation sites excluding steroid dienone is 4. The second-order valence-corrected chi connectivity index (χ2v) is 15.7. The summed E-state index contributed by atoms with van der Waals surface area (Å²) in [6, 6.07) is 0. The van der Waals surface area contributed by atoms with Gasteiger partial charge in [0.25, 0.3) is 0 Å². The van der Waals surface area contributed by atoms with Crippen LogP contribution >= 0.6 is 0 Å². The first-order valence-corrected chi connectivity index (χ1v) is 17.5. The fourth-order valence-corrected chi connectivity index (χ4v) is 7.98. The third-order valence-corrected chi connectivity index (χ3v) is 10.3. The molecular formula is C40H52O8. The highest BCUT2D eigenvalue weighted by atomic mass is 16.5. The summed E-state index contributed by atoms with van der Waals surface area (Å²) in [5.74, 6) is 0.791. The number of Topliss-reactive ketones (excluding diaryl/α,β-unsaturated/α-hetero) is 1. The molecule has 0 spiro atoms. The third-order valence-electron chi connectivity index (χ3n) is 10.3. The molecule has 0 N–H and O–H groups in total. The fraction of sp³-hybridized carbons (Fsp3) is 0.600. The summed E-state index contributed by atoms with van der Waals surface area (Å²) >= 11 is 0. The Morgan fingerprint density at radius 1 is 0.771 bits per heavy atom. The molecule has 0 amide bonds. The number of ketones is 2. The van der Waals surface area contributed by atoms with Crippen molar-refractivity contribution in [2.45, 2.75) is 143 Å². The lowest BCUT2D eigenvalue weighted by Crippen LogP contribution is -2.40. The second-order valence-electron chi connectivity index (χ2n) is 15.7. The van der Waals surface area contributed by atoms with Gasteiger partial charge < -0.3 is 18.9 Å². The molecule has 4 aliphatic heterocycles. The number of carbonyl (C=O) groups is 4. The molecule has 0 fully saturated rings. The van der Waals surface area contributed by atoms with Crippen LogP contribution in [-0.2, 0) is 38.1 Å². The summed E-state index contributed by atoms with van der Waals surface area (Å²) < 4.78 is 23.9.